The van der Waals surface area contributed by atoms with Crippen molar-refractivity contribution in [1.82, 2.24) is 4.98 Å². The summed E-state index contributed by atoms with van der Waals surface area (Å²) in [5.41, 5.74) is 0.846. The second kappa shape index (κ2) is 5.70. The van der Waals surface area contributed by atoms with Crippen molar-refractivity contribution in [1.29, 1.82) is 0 Å². The van der Waals surface area contributed by atoms with Gasteiger partial charge in [-0.15, -0.1) is 11.3 Å². The summed E-state index contributed by atoms with van der Waals surface area (Å²) in [5, 5.41) is 11.5. The maximum Gasteiger partial charge on any atom is 0.251 e. The van der Waals surface area contributed by atoms with E-state index < -0.39 is 12.5 Å². The van der Waals surface area contributed by atoms with Gasteiger partial charge in [-0.1, -0.05) is 12.1 Å². The van der Waals surface area contributed by atoms with Crippen LogP contribution in [0.1, 0.15) is 10.4 Å². The van der Waals surface area contributed by atoms with E-state index in [1.54, 1.807) is 12.3 Å². The molecular weight excluding hydrogens is 255 g/mol. The molecule has 0 saturated heterocycles. The lowest BCUT2D eigenvalue weighted by molar-refractivity contribution is -0.118. The Morgan fingerprint density at radius 2 is 2.33 bits per heavy atom. The summed E-state index contributed by atoms with van der Waals surface area (Å²) in [6.07, 6.45) is 2.19. The van der Waals surface area contributed by atoms with Crippen LogP contribution < -0.4 is 5.32 Å². The third-order valence-corrected chi connectivity index (χ3v) is 3.12. The van der Waals surface area contributed by atoms with Gasteiger partial charge in [0.05, 0.1) is 0 Å². The number of carbonyl (C=O) groups excluding carboxylic acids is 1. The number of hydrogen-bond donors (Lipinski definition) is 2. The largest absolute Gasteiger partial charge is 0.387 e. The van der Waals surface area contributed by atoms with Gasteiger partial charge in [0.15, 0.2) is 5.13 Å². The molecule has 0 aliphatic rings. The number of hydrogen-bond acceptors (Lipinski definition) is 4. The molecule has 2 rings (SSSR count). The SMILES string of the molecule is O=C(CO)Nc1ncc(Cc2cccc(F)c2)s1. The molecular formula is C12H11FN2O2S. The number of amides is 1. The highest BCUT2D eigenvalue weighted by Gasteiger charge is 2.06. The first-order valence-corrected chi connectivity index (χ1v) is 6.09. The molecule has 0 atom stereocenters. The third kappa shape index (κ3) is 3.35. The second-order valence-corrected chi connectivity index (χ2v) is 4.76. The zero-order valence-electron chi connectivity index (χ0n) is 9.39. The van der Waals surface area contributed by atoms with Crippen LogP contribution >= 0.6 is 11.3 Å². The Morgan fingerprint density at radius 3 is 3.06 bits per heavy atom. The van der Waals surface area contributed by atoms with Gasteiger partial charge >= 0.3 is 0 Å². The number of nitrogens with zero attached hydrogens (tertiary/aromatic N) is 1. The first-order valence-electron chi connectivity index (χ1n) is 5.27. The van der Waals surface area contributed by atoms with Crippen LogP contribution in [0.15, 0.2) is 30.5 Å². The van der Waals surface area contributed by atoms with Gasteiger partial charge in [0.25, 0.3) is 5.91 Å². The Morgan fingerprint density at radius 1 is 1.50 bits per heavy atom. The number of carbonyl (C=O) groups is 1. The molecule has 0 spiro atoms. The molecule has 1 amide bonds. The summed E-state index contributed by atoms with van der Waals surface area (Å²) in [7, 11) is 0. The molecule has 0 unspecified atom stereocenters. The highest BCUT2D eigenvalue weighted by atomic mass is 32.1. The van der Waals surface area contributed by atoms with E-state index >= 15 is 0 Å². The minimum absolute atomic E-state index is 0.272. The zero-order chi connectivity index (χ0) is 13.0. The average molecular weight is 266 g/mol. The molecule has 6 heteroatoms. The Balaban J connectivity index is 2.04. The molecule has 4 nitrogen and oxygen atoms in total. The number of anilines is 1. The summed E-state index contributed by atoms with van der Waals surface area (Å²) in [4.78, 5) is 15.9. The van der Waals surface area contributed by atoms with Gasteiger partial charge in [-0.2, -0.15) is 0 Å². The van der Waals surface area contributed by atoms with Crippen molar-refractivity contribution in [3.05, 3.63) is 46.7 Å². The van der Waals surface area contributed by atoms with E-state index in [2.05, 4.69) is 10.3 Å². The molecule has 0 bridgehead atoms. The normalized spacial score (nSPS) is 10.3. The van der Waals surface area contributed by atoms with Crippen LogP contribution in [0.3, 0.4) is 0 Å². The number of halogens is 1. The van der Waals surface area contributed by atoms with E-state index in [0.717, 1.165) is 10.4 Å². The van der Waals surface area contributed by atoms with Crippen molar-refractivity contribution in [3.63, 3.8) is 0 Å². The molecule has 94 valence electrons. The van der Waals surface area contributed by atoms with Gasteiger partial charge in [-0.05, 0) is 17.7 Å². The molecule has 0 aliphatic heterocycles. The summed E-state index contributed by atoms with van der Waals surface area (Å²) < 4.78 is 13.0. The average Bonchev–Trinajstić information content (AvgIpc) is 2.76. The fourth-order valence-electron chi connectivity index (χ4n) is 1.45. The Hall–Kier alpha value is -1.79. The molecule has 18 heavy (non-hydrogen) atoms. The lowest BCUT2D eigenvalue weighted by Gasteiger charge is -1.98. The highest BCUT2D eigenvalue weighted by Crippen LogP contribution is 2.21. The molecule has 0 saturated carbocycles. The topological polar surface area (TPSA) is 62.2 Å². The van der Waals surface area contributed by atoms with Crippen LogP contribution in [-0.4, -0.2) is 22.6 Å². The van der Waals surface area contributed by atoms with Crippen LogP contribution in [0.5, 0.6) is 0 Å². The molecule has 0 aliphatic carbocycles. The Kier molecular flexibility index (Phi) is 4.01. The zero-order valence-corrected chi connectivity index (χ0v) is 10.2. The Labute approximate surface area is 107 Å². The van der Waals surface area contributed by atoms with Gasteiger partial charge in [-0.25, -0.2) is 9.37 Å². The van der Waals surface area contributed by atoms with Crippen LogP contribution in [0, 0.1) is 5.82 Å². The molecule has 1 heterocycles. The van der Waals surface area contributed by atoms with Gasteiger partial charge in [0.2, 0.25) is 0 Å². The maximum atomic E-state index is 13.0. The van der Waals surface area contributed by atoms with Crippen molar-refractivity contribution >= 4 is 22.4 Å². The predicted molar refractivity (Wildman–Crippen MR) is 67.0 cm³/mol. The summed E-state index contributed by atoms with van der Waals surface area (Å²) in [6, 6.07) is 6.34. The number of rotatable bonds is 4. The molecule has 2 N–H and O–H groups in total. The smallest absolute Gasteiger partial charge is 0.251 e. The van der Waals surface area contributed by atoms with Crippen molar-refractivity contribution in [2.45, 2.75) is 6.42 Å². The van der Waals surface area contributed by atoms with E-state index in [1.807, 2.05) is 6.07 Å². The lowest BCUT2D eigenvalue weighted by atomic mass is 10.1. The van der Waals surface area contributed by atoms with E-state index in [9.17, 15) is 9.18 Å². The first-order chi connectivity index (χ1) is 8.67. The standard InChI is InChI=1S/C12H11FN2O2S/c13-9-3-1-2-8(4-9)5-10-6-14-12(18-10)15-11(17)7-16/h1-4,6,16H,5,7H2,(H,14,15,17). The number of aromatic nitrogens is 1. The monoisotopic (exact) mass is 266 g/mol. The second-order valence-electron chi connectivity index (χ2n) is 3.64. The lowest BCUT2D eigenvalue weighted by Crippen LogP contribution is -2.14. The molecule has 0 fully saturated rings. The molecule has 1 aromatic heterocycles. The predicted octanol–water partition coefficient (Wildman–Crippen LogP) is 1.80. The highest BCUT2D eigenvalue weighted by molar-refractivity contribution is 7.15. The van der Waals surface area contributed by atoms with Crippen LogP contribution in [-0.2, 0) is 11.2 Å². The van der Waals surface area contributed by atoms with Gasteiger partial charge in [-0.3, -0.25) is 10.1 Å². The van der Waals surface area contributed by atoms with E-state index in [1.165, 1.54) is 23.5 Å². The number of aliphatic hydroxyl groups excluding tert-OH is 1. The molecule has 0 radical (unpaired) electrons. The Bertz CT molecular complexity index is 557. The minimum Gasteiger partial charge on any atom is -0.387 e. The van der Waals surface area contributed by atoms with Crippen molar-refractivity contribution in [3.8, 4) is 0 Å². The fourth-order valence-corrected chi connectivity index (χ4v) is 2.32. The van der Waals surface area contributed by atoms with Crippen molar-refractivity contribution in [2.75, 3.05) is 11.9 Å². The summed E-state index contributed by atoms with van der Waals surface area (Å²) in [6.45, 7) is -0.571. The minimum atomic E-state index is -0.571. The first kappa shape index (κ1) is 12.7. The van der Waals surface area contributed by atoms with Crippen LogP contribution in [0.25, 0.3) is 0 Å². The van der Waals surface area contributed by atoms with Crippen LogP contribution in [0.4, 0.5) is 9.52 Å². The summed E-state index contributed by atoms with van der Waals surface area (Å²) >= 11 is 1.30. The van der Waals surface area contributed by atoms with Gasteiger partial charge in [0, 0.05) is 17.5 Å². The van der Waals surface area contributed by atoms with E-state index in [4.69, 9.17) is 5.11 Å². The molecule has 1 aromatic carbocycles. The van der Waals surface area contributed by atoms with Crippen LogP contribution in [0.2, 0.25) is 0 Å². The maximum absolute atomic E-state index is 13.0. The van der Waals surface area contributed by atoms with Gasteiger partial charge < -0.3 is 5.11 Å². The molecule has 2 aromatic rings. The van der Waals surface area contributed by atoms with Gasteiger partial charge in [0.1, 0.15) is 12.4 Å². The van der Waals surface area contributed by atoms with E-state index in [0.29, 0.717) is 11.6 Å². The summed E-state index contributed by atoms with van der Waals surface area (Å²) in [5.74, 6) is -0.771. The quantitative estimate of drug-likeness (QED) is 0.887. The van der Waals surface area contributed by atoms with Crippen molar-refractivity contribution < 1.29 is 14.3 Å². The van der Waals surface area contributed by atoms with Crippen molar-refractivity contribution in [2.24, 2.45) is 0 Å². The number of aliphatic hydroxyl groups is 1. The van der Waals surface area contributed by atoms with E-state index in [-0.39, 0.29) is 5.82 Å². The number of benzene rings is 1. The fraction of sp³-hybridized carbons (Fsp3) is 0.167. The number of thiazole rings is 1. The third-order valence-electron chi connectivity index (χ3n) is 2.21. The number of nitrogens with one attached hydrogen (secondary N) is 1.